The molecule has 138 valence electrons. The molecule has 1 N–H and O–H groups in total. The van der Waals surface area contributed by atoms with E-state index in [0.29, 0.717) is 5.39 Å². The van der Waals surface area contributed by atoms with E-state index in [0.717, 1.165) is 55.7 Å². The second-order valence-electron chi connectivity index (χ2n) is 6.95. The molecular weight excluding hydrogens is 341 g/mol. The Labute approximate surface area is 157 Å². The van der Waals surface area contributed by atoms with E-state index in [-0.39, 0.29) is 11.4 Å². The lowest BCUT2D eigenvalue weighted by molar-refractivity contribution is 0.297. The molecule has 3 aromatic rings. The normalized spacial score (nSPS) is 15.1. The number of H-pyrrole nitrogens is 1. The van der Waals surface area contributed by atoms with Gasteiger partial charge in [0.2, 0.25) is 0 Å². The fourth-order valence-corrected chi connectivity index (χ4v) is 3.61. The highest BCUT2D eigenvalue weighted by Gasteiger charge is 2.13. The number of aromatic amines is 1. The van der Waals surface area contributed by atoms with Crippen molar-refractivity contribution >= 4 is 16.5 Å². The molecule has 0 saturated carbocycles. The molecule has 0 spiro atoms. The summed E-state index contributed by atoms with van der Waals surface area (Å²) in [6, 6.07) is 12.3. The van der Waals surface area contributed by atoms with Crippen molar-refractivity contribution in [2.24, 2.45) is 0 Å². The molecule has 0 radical (unpaired) electrons. The number of halogens is 1. The number of rotatable bonds is 5. The zero-order valence-electron chi connectivity index (χ0n) is 15.1. The Hall–Kier alpha value is -2.79. The van der Waals surface area contributed by atoms with Gasteiger partial charge in [-0.2, -0.15) is 0 Å². The summed E-state index contributed by atoms with van der Waals surface area (Å²) < 4.78 is 13.1. The van der Waals surface area contributed by atoms with Gasteiger partial charge in [0, 0.05) is 25.0 Å². The van der Waals surface area contributed by atoms with Gasteiger partial charge < -0.3 is 4.98 Å². The van der Waals surface area contributed by atoms with Crippen LogP contribution in [0.3, 0.4) is 0 Å². The first kappa shape index (κ1) is 17.6. The second kappa shape index (κ2) is 7.84. The van der Waals surface area contributed by atoms with Crippen LogP contribution in [0.4, 0.5) is 4.39 Å². The smallest absolute Gasteiger partial charge is 0.257 e. The number of benzene rings is 1. The number of pyridine rings is 2. The van der Waals surface area contributed by atoms with Crippen molar-refractivity contribution in [3.8, 4) is 0 Å². The van der Waals surface area contributed by atoms with Crippen molar-refractivity contribution in [1.82, 2.24) is 14.9 Å². The van der Waals surface area contributed by atoms with Gasteiger partial charge in [-0.1, -0.05) is 18.2 Å². The summed E-state index contributed by atoms with van der Waals surface area (Å²) in [4.78, 5) is 21.8. The fourth-order valence-electron chi connectivity index (χ4n) is 3.61. The van der Waals surface area contributed by atoms with Crippen LogP contribution < -0.4 is 5.56 Å². The first-order valence-electron chi connectivity index (χ1n) is 9.33. The predicted molar refractivity (Wildman–Crippen MR) is 106 cm³/mol. The minimum Gasteiger partial charge on any atom is -0.326 e. The van der Waals surface area contributed by atoms with Crippen LogP contribution in [0.15, 0.2) is 59.5 Å². The van der Waals surface area contributed by atoms with Crippen LogP contribution in [0, 0.1) is 5.82 Å². The zero-order valence-corrected chi connectivity index (χ0v) is 15.1. The van der Waals surface area contributed by atoms with Gasteiger partial charge >= 0.3 is 0 Å². The van der Waals surface area contributed by atoms with Crippen molar-refractivity contribution in [2.45, 2.75) is 19.3 Å². The molecular formula is C22H22FN3O. The van der Waals surface area contributed by atoms with Crippen molar-refractivity contribution in [3.63, 3.8) is 0 Å². The van der Waals surface area contributed by atoms with Crippen molar-refractivity contribution in [1.29, 1.82) is 0 Å². The van der Waals surface area contributed by atoms with Crippen molar-refractivity contribution < 1.29 is 4.39 Å². The van der Waals surface area contributed by atoms with Crippen LogP contribution in [-0.4, -0.2) is 34.5 Å². The molecule has 3 heterocycles. The summed E-state index contributed by atoms with van der Waals surface area (Å²) >= 11 is 0. The highest BCUT2D eigenvalue weighted by Crippen LogP contribution is 2.22. The molecule has 0 saturated heterocycles. The van der Waals surface area contributed by atoms with Crippen LogP contribution in [0.25, 0.3) is 16.5 Å². The van der Waals surface area contributed by atoms with E-state index in [4.69, 9.17) is 0 Å². The Kier molecular flexibility index (Phi) is 5.12. The Morgan fingerprint density at radius 3 is 2.81 bits per heavy atom. The molecule has 0 unspecified atom stereocenters. The second-order valence-corrected chi connectivity index (χ2v) is 6.95. The maximum atomic E-state index is 13.1. The monoisotopic (exact) mass is 363 g/mol. The van der Waals surface area contributed by atoms with E-state index in [2.05, 4.69) is 20.9 Å². The topological polar surface area (TPSA) is 49.0 Å². The molecule has 1 aliphatic heterocycles. The maximum absolute atomic E-state index is 13.1. The minimum atomic E-state index is -0.196. The average molecular weight is 363 g/mol. The first-order valence-corrected chi connectivity index (χ1v) is 9.33. The Balaban J connectivity index is 1.33. The highest BCUT2D eigenvalue weighted by atomic mass is 19.1. The molecule has 0 amide bonds. The number of hydrogen-bond donors (Lipinski definition) is 1. The van der Waals surface area contributed by atoms with Crippen LogP contribution in [0.5, 0.6) is 0 Å². The lowest BCUT2D eigenvalue weighted by Crippen LogP contribution is -2.29. The van der Waals surface area contributed by atoms with E-state index in [1.807, 2.05) is 18.2 Å². The molecule has 0 aliphatic carbocycles. The molecule has 1 aliphatic rings. The van der Waals surface area contributed by atoms with Gasteiger partial charge in [0.25, 0.3) is 5.56 Å². The third-order valence-electron chi connectivity index (χ3n) is 5.10. The lowest BCUT2D eigenvalue weighted by atomic mass is 9.99. The van der Waals surface area contributed by atoms with E-state index in [9.17, 15) is 9.18 Å². The number of nitrogens with one attached hydrogen (secondary N) is 1. The summed E-state index contributed by atoms with van der Waals surface area (Å²) in [5.74, 6) is -0.196. The van der Waals surface area contributed by atoms with Crippen LogP contribution in [0.2, 0.25) is 0 Å². The first-order chi connectivity index (χ1) is 13.2. The van der Waals surface area contributed by atoms with Crippen LogP contribution in [0.1, 0.15) is 24.1 Å². The van der Waals surface area contributed by atoms with Crippen LogP contribution >= 0.6 is 0 Å². The van der Waals surface area contributed by atoms with E-state index < -0.39 is 0 Å². The molecule has 0 atom stereocenters. The minimum absolute atomic E-state index is 0.0690. The summed E-state index contributed by atoms with van der Waals surface area (Å²) in [6.45, 7) is 2.89. The summed E-state index contributed by atoms with van der Waals surface area (Å²) in [5, 5.41) is 0.635. The number of aryl methyl sites for hydroxylation is 1. The Morgan fingerprint density at radius 2 is 2.04 bits per heavy atom. The lowest BCUT2D eigenvalue weighted by Gasteiger charge is -2.26. The summed E-state index contributed by atoms with van der Waals surface area (Å²) in [7, 11) is 0. The Morgan fingerprint density at radius 1 is 1.19 bits per heavy atom. The standard InChI is InChI=1S/C22H22FN3O/c23-18-7-5-16(6-8-18)17-9-13-26(14-10-17)12-2-3-19-15-21-20(22(27)25-19)4-1-11-24-21/h1,4-9,11,15H,2-3,10,12-14H2,(H,25,27). The molecule has 27 heavy (non-hydrogen) atoms. The molecule has 4 nitrogen and oxygen atoms in total. The van der Waals surface area contributed by atoms with Gasteiger partial charge in [-0.25, -0.2) is 4.39 Å². The third-order valence-corrected chi connectivity index (χ3v) is 5.10. The van der Waals surface area contributed by atoms with Gasteiger partial charge in [-0.15, -0.1) is 0 Å². The molecule has 0 fully saturated rings. The van der Waals surface area contributed by atoms with Gasteiger partial charge in [0.05, 0.1) is 10.9 Å². The van der Waals surface area contributed by atoms with E-state index in [1.54, 1.807) is 18.3 Å². The molecule has 2 aromatic heterocycles. The van der Waals surface area contributed by atoms with Crippen molar-refractivity contribution in [2.75, 3.05) is 19.6 Å². The summed E-state index contributed by atoms with van der Waals surface area (Å²) in [6.07, 6.45) is 6.73. The van der Waals surface area contributed by atoms with Crippen LogP contribution in [-0.2, 0) is 6.42 Å². The summed E-state index contributed by atoms with van der Waals surface area (Å²) in [5.41, 5.74) is 4.01. The number of nitrogens with zero attached hydrogens (tertiary/aromatic N) is 2. The van der Waals surface area contributed by atoms with E-state index >= 15 is 0 Å². The van der Waals surface area contributed by atoms with Gasteiger partial charge in [-0.3, -0.25) is 14.7 Å². The third kappa shape index (κ3) is 4.14. The van der Waals surface area contributed by atoms with Gasteiger partial charge in [0.1, 0.15) is 5.82 Å². The molecule has 0 bridgehead atoms. The zero-order chi connectivity index (χ0) is 18.6. The highest BCUT2D eigenvalue weighted by molar-refractivity contribution is 5.77. The van der Waals surface area contributed by atoms with Gasteiger partial charge in [-0.05, 0) is 67.3 Å². The predicted octanol–water partition coefficient (Wildman–Crippen LogP) is 3.78. The molecule has 4 rings (SSSR count). The van der Waals surface area contributed by atoms with Gasteiger partial charge in [0.15, 0.2) is 0 Å². The Bertz CT molecular complexity index is 1020. The largest absolute Gasteiger partial charge is 0.326 e. The molecule has 5 heteroatoms. The number of hydrogen-bond acceptors (Lipinski definition) is 3. The number of aromatic nitrogens is 2. The fraction of sp³-hybridized carbons (Fsp3) is 0.273. The average Bonchev–Trinajstić information content (AvgIpc) is 2.69. The van der Waals surface area contributed by atoms with E-state index in [1.165, 1.54) is 17.7 Å². The maximum Gasteiger partial charge on any atom is 0.257 e. The SMILES string of the molecule is O=c1[nH]c(CCCN2CC=C(c3ccc(F)cc3)CC2)cc2ncccc12. The number of fused-ring (bicyclic) bond motifs is 1. The molecule has 1 aromatic carbocycles. The quantitative estimate of drug-likeness (QED) is 0.750. The van der Waals surface area contributed by atoms with Crippen molar-refractivity contribution in [3.05, 3.63) is 82.2 Å².